The van der Waals surface area contributed by atoms with Crippen molar-refractivity contribution in [1.82, 2.24) is 30.2 Å². The van der Waals surface area contributed by atoms with Crippen LogP contribution in [0.15, 0.2) is 55.1 Å². The SMILES string of the molecule is COC(=O)NC(C(=O)N1CCCC1c1ncc(-c2ccc3c(c2)C(=O)c2cc(-c4cnc[nH]4)ccc2-3)[nH]1)C(C)C. The molecule has 2 unspecified atom stereocenters. The molecule has 6 rings (SSSR count). The van der Waals surface area contributed by atoms with Crippen LogP contribution >= 0.6 is 0 Å². The molecule has 1 aliphatic heterocycles. The lowest BCUT2D eigenvalue weighted by Gasteiger charge is -2.30. The van der Waals surface area contributed by atoms with Gasteiger partial charge in [0.15, 0.2) is 5.78 Å². The van der Waals surface area contributed by atoms with Crippen molar-refractivity contribution >= 4 is 17.8 Å². The molecule has 10 heteroatoms. The van der Waals surface area contributed by atoms with Gasteiger partial charge in [-0.15, -0.1) is 0 Å². The van der Waals surface area contributed by atoms with Crippen molar-refractivity contribution in [3.63, 3.8) is 0 Å². The quantitative estimate of drug-likeness (QED) is 0.286. The normalized spacial score (nSPS) is 16.6. The molecule has 3 N–H and O–H groups in total. The summed E-state index contributed by atoms with van der Waals surface area (Å²) in [5.41, 5.74) is 6.53. The number of H-pyrrole nitrogens is 2. The standard InChI is InChI=1S/C30H30N6O4/c1-16(2)26(35-30(39)40-3)29(38)36-10-4-5-25(36)28-32-14-24(34-28)18-7-9-20-19-8-6-17(23-13-31-15-33-23)11-21(19)27(37)22(20)12-18/h6-9,11-16,25-26H,4-5,10H2,1-3H3,(H,31,33)(H,32,34)(H,35,39). The van der Waals surface area contributed by atoms with E-state index in [-0.39, 0.29) is 23.7 Å². The summed E-state index contributed by atoms with van der Waals surface area (Å²) in [7, 11) is 1.28. The largest absolute Gasteiger partial charge is 0.453 e. The van der Waals surface area contributed by atoms with Crippen molar-refractivity contribution in [2.75, 3.05) is 13.7 Å². The van der Waals surface area contributed by atoms with Crippen molar-refractivity contribution in [2.24, 2.45) is 5.92 Å². The van der Waals surface area contributed by atoms with Crippen molar-refractivity contribution in [3.8, 4) is 33.6 Å². The number of hydrogen-bond donors (Lipinski definition) is 3. The Kier molecular flexibility index (Phi) is 6.45. The van der Waals surface area contributed by atoms with Crippen molar-refractivity contribution in [2.45, 2.75) is 38.8 Å². The summed E-state index contributed by atoms with van der Waals surface area (Å²) >= 11 is 0. The van der Waals surface area contributed by atoms with Crippen LogP contribution in [0.5, 0.6) is 0 Å². The molecule has 2 atom stereocenters. The van der Waals surface area contributed by atoms with E-state index in [1.165, 1.54) is 7.11 Å². The molecule has 0 spiro atoms. The Bertz CT molecular complexity index is 1610. The number of amides is 2. The number of carbonyl (C=O) groups is 3. The van der Waals surface area contributed by atoms with Gasteiger partial charge >= 0.3 is 6.09 Å². The number of aromatic amines is 2. The predicted molar refractivity (Wildman–Crippen MR) is 148 cm³/mol. The first kappa shape index (κ1) is 25.5. The van der Waals surface area contributed by atoms with E-state index in [2.05, 4.69) is 25.3 Å². The number of alkyl carbamates (subject to hydrolysis) is 1. The summed E-state index contributed by atoms with van der Waals surface area (Å²) in [6.07, 6.45) is 6.06. The van der Waals surface area contributed by atoms with Gasteiger partial charge < -0.3 is 24.9 Å². The molecule has 1 aliphatic carbocycles. The molecule has 1 saturated heterocycles. The number of benzene rings is 2. The fourth-order valence-electron chi connectivity index (χ4n) is 5.67. The Morgan fingerprint density at radius 1 is 1.02 bits per heavy atom. The Labute approximate surface area is 231 Å². The number of aromatic nitrogens is 4. The highest BCUT2D eigenvalue weighted by atomic mass is 16.5. The van der Waals surface area contributed by atoms with Gasteiger partial charge in [-0.2, -0.15) is 0 Å². The van der Waals surface area contributed by atoms with Crippen molar-refractivity contribution in [3.05, 3.63) is 72.1 Å². The Hall–Kier alpha value is -4.73. The molecule has 0 saturated carbocycles. The number of ketones is 1. The second kappa shape index (κ2) is 10.1. The number of carbonyl (C=O) groups excluding carboxylic acids is 3. The number of nitrogens with zero attached hydrogens (tertiary/aromatic N) is 3. The lowest BCUT2D eigenvalue weighted by atomic mass is 10.0. The summed E-state index contributed by atoms with van der Waals surface area (Å²) in [6, 6.07) is 10.8. The van der Waals surface area contributed by atoms with Gasteiger partial charge in [0.1, 0.15) is 11.9 Å². The number of imidazole rings is 2. The van der Waals surface area contributed by atoms with Gasteiger partial charge in [-0.25, -0.2) is 14.8 Å². The van der Waals surface area contributed by atoms with E-state index in [0.29, 0.717) is 23.5 Å². The molecule has 0 bridgehead atoms. The van der Waals surface area contributed by atoms with Crippen LogP contribution in [0.1, 0.15) is 54.5 Å². The second-order valence-electron chi connectivity index (χ2n) is 10.5. The van der Waals surface area contributed by atoms with Crippen molar-refractivity contribution < 1.29 is 19.1 Å². The van der Waals surface area contributed by atoms with Crippen LogP contribution in [0.4, 0.5) is 4.79 Å². The molecule has 2 amide bonds. The highest BCUT2D eigenvalue weighted by Gasteiger charge is 2.37. The van der Waals surface area contributed by atoms with Gasteiger partial charge in [0.05, 0.1) is 43.3 Å². The highest BCUT2D eigenvalue weighted by molar-refractivity contribution is 6.22. The van der Waals surface area contributed by atoms with Crippen molar-refractivity contribution in [1.29, 1.82) is 0 Å². The minimum absolute atomic E-state index is 0.0154. The van der Waals surface area contributed by atoms with E-state index >= 15 is 0 Å². The molecule has 40 heavy (non-hydrogen) atoms. The molecule has 2 aromatic heterocycles. The molecule has 1 fully saturated rings. The maximum Gasteiger partial charge on any atom is 0.407 e. The van der Waals surface area contributed by atoms with E-state index in [9.17, 15) is 14.4 Å². The average Bonchev–Trinajstić information content (AvgIpc) is 3.77. The van der Waals surface area contributed by atoms with Crippen LogP contribution in [0, 0.1) is 5.92 Å². The van der Waals surface area contributed by atoms with E-state index in [4.69, 9.17) is 4.74 Å². The summed E-state index contributed by atoms with van der Waals surface area (Å²) < 4.78 is 4.72. The third-order valence-corrected chi connectivity index (χ3v) is 7.78. The van der Waals surface area contributed by atoms with Gasteiger partial charge in [-0.1, -0.05) is 38.1 Å². The smallest absolute Gasteiger partial charge is 0.407 e. The first-order chi connectivity index (χ1) is 19.4. The number of hydrogen-bond acceptors (Lipinski definition) is 6. The summed E-state index contributed by atoms with van der Waals surface area (Å²) in [5, 5.41) is 2.67. The molecule has 4 aromatic rings. The minimum Gasteiger partial charge on any atom is -0.453 e. The highest BCUT2D eigenvalue weighted by Crippen LogP contribution is 2.40. The van der Waals surface area contributed by atoms with Crippen LogP contribution in [0.3, 0.4) is 0 Å². The predicted octanol–water partition coefficient (Wildman–Crippen LogP) is 4.72. The number of ether oxygens (including phenoxy) is 1. The average molecular weight is 539 g/mol. The maximum atomic E-state index is 13.4. The molecular formula is C30H30N6O4. The zero-order chi connectivity index (χ0) is 28.0. The van der Waals surface area contributed by atoms with Gasteiger partial charge in [0, 0.05) is 28.8 Å². The van der Waals surface area contributed by atoms with Crippen LogP contribution in [0.2, 0.25) is 0 Å². The number of methoxy groups -OCH3 is 1. The zero-order valence-corrected chi connectivity index (χ0v) is 22.5. The Morgan fingerprint density at radius 3 is 2.35 bits per heavy atom. The molecule has 3 heterocycles. The van der Waals surface area contributed by atoms with E-state index in [1.54, 1.807) is 23.6 Å². The number of likely N-dealkylation sites (tertiary alicyclic amines) is 1. The zero-order valence-electron chi connectivity index (χ0n) is 22.5. The second-order valence-corrected chi connectivity index (χ2v) is 10.5. The van der Waals surface area contributed by atoms with Crippen LogP contribution in [-0.2, 0) is 9.53 Å². The monoisotopic (exact) mass is 538 g/mol. The first-order valence-electron chi connectivity index (χ1n) is 13.4. The maximum absolute atomic E-state index is 13.4. The van der Waals surface area contributed by atoms with Crippen LogP contribution in [0.25, 0.3) is 33.6 Å². The summed E-state index contributed by atoms with van der Waals surface area (Å²) in [4.78, 5) is 55.7. The molecule has 0 radical (unpaired) electrons. The number of nitrogens with one attached hydrogen (secondary N) is 3. The topological polar surface area (TPSA) is 133 Å². The van der Waals surface area contributed by atoms with Gasteiger partial charge in [0.2, 0.25) is 5.91 Å². The minimum atomic E-state index is -0.694. The summed E-state index contributed by atoms with van der Waals surface area (Å²) in [5.74, 6) is 0.402. The fourth-order valence-corrected chi connectivity index (χ4v) is 5.67. The van der Waals surface area contributed by atoms with Gasteiger partial charge in [0.25, 0.3) is 0 Å². The van der Waals surface area contributed by atoms with Gasteiger partial charge in [-0.05, 0) is 42.0 Å². The van der Waals surface area contributed by atoms with E-state index < -0.39 is 12.1 Å². The fraction of sp³-hybridized carbons (Fsp3) is 0.300. The van der Waals surface area contributed by atoms with Crippen LogP contribution < -0.4 is 5.32 Å². The third kappa shape index (κ3) is 4.35. The molecule has 2 aromatic carbocycles. The lowest BCUT2D eigenvalue weighted by molar-refractivity contribution is -0.135. The van der Waals surface area contributed by atoms with Gasteiger partial charge in [-0.3, -0.25) is 9.59 Å². The molecule has 2 aliphatic rings. The number of fused-ring (bicyclic) bond motifs is 3. The summed E-state index contributed by atoms with van der Waals surface area (Å²) in [6.45, 7) is 4.36. The first-order valence-corrected chi connectivity index (χ1v) is 13.4. The lowest BCUT2D eigenvalue weighted by Crippen LogP contribution is -2.51. The Morgan fingerprint density at radius 2 is 1.73 bits per heavy atom. The molecule has 10 nitrogen and oxygen atoms in total. The molecule has 204 valence electrons. The van der Waals surface area contributed by atoms with E-state index in [1.807, 2.05) is 50.2 Å². The van der Waals surface area contributed by atoms with Crippen LogP contribution in [-0.4, -0.2) is 62.3 Å². The number of rotatable bonds is 6. The third-order valence-electron chi connectivity index (χ3n) is 7.78. The Balaban J connectivity index is 1.25. The van der Waals surface area contributed by atoms with E-state index in [0.717, 1.165) is 46.5 Å². The molecular weight excluding hydrogens is 508 g/mol.